The van der Waals surface area contributed by atoms with E-state index >= 15 is 0 Å². The first kappa shape index (κ1) is 24.7. The summed E-state index contributed by atoms with van der Waals surface area (Å²) in [4.78, 5) is 12.2. The number of nitrogens with zero attached hydrogens (tertiary/aromatic N) is 1. The van der Waals surface area contributed by atoms with E-state index in [1.807, 2.05) is 18.2 Å². The number of halogens is 1. The summed E-state index contributed by atoms with van der Waals surface area (Å²) in [5.41, 5.74) is 1.45. The fourth-order valence-corrected chi connectivity index (χ4v) is 3.88. The molecule has 158 valence electrons. The third-order valence-corrected chi connectivity index (χ3v) is 5.50. The molecule has 1 aromatic carbocycles. The smallest absolute Gasteiger partial charge is 0.336 e. The first-order valence-electron chi connectivity index (χ1n) is 10.5. The van der Waals surface area contributed by atoms with E-state index in [0.29, 0.717) is 11.3 Å². The molecule has 28 heavy (non-hydrogen) atoms. The fraction of sp³-hybridized carbons (Fsp3) is 0.609. The molecule has 0 aliphatic rings. The molecule has 1 aromatic heterocycles. The van der Waals surface area contributed by atoms with Crippen molar-refractivity contribution in [1.82, 2.24) is 0 Å². The SMILES string of the molecule is CCCC[N+](CCCC)(CCCC)Cc1cc(=O)oc2cc(OC)ccc12.[Br-]. The van der Waals surface area contributed by atoms with Crippen LogP contribution in [-0.2, 0) is 6.54 Å². The predicted octanol–water partition coefficient (Wildman–Crippen LogP) is 2.52. The quantitative estimate of drug-likeness (QED) is 0.366. The molecule has 0 bridgehead atoms. The molecule has 0 saturated heterocycles. The van der Waals surface area contributed by atoms with Crippen LogP contribution in [0.2, 0.25) is 0 Å². The molecular weight excluding hydrogens is 418 g/mol. The maximum absolute atomic E-state index is 12.2. The van der Waals surface area contributed by atoms with E-state index in [2.05, 4.69) is 20.8 Å². The van der Waals surface area contributed by atoms with Crippen molar-refractivity contribution in [2.75, 3.05) is 26.7 Å². The molecule has 0 fully saturated rings. The molecule has 2 rings (SSSR count). The van der Waals surface area contributed by atoms with Gasteiger partial charge in [0.25, 0.3) is 0 Å². The number of quaternary nitrogens is 1. The number of hydrogen-bond donors (Lipinski definition) is 0. The molecule has 1 heterocycles. The van der Waals surface area contributed by atoms with Crippen molar-refractivity contribution in [1.29, 1.82) is 0 Å². The van der Waals surface area contributed by atoms with E-state index in [-0.39, 0.29) is 22.6 Å². The number of benzene rings is 1. The minimum absolute atomic E-state index is 0. The second-order valence-corrected chi connectivity index (χ2v) is 7.68. The Balaban J connectivity index is 0.00000392. The summed E-state index contributed by atoms with van der Waals surface area (Å²) < 4.78 is 11.8. The minimum atomic E-state index is -0.273. The van der Waals surface area contributed by atoms with Crippen molar-refractivity contribution in [2.24, 2.45) is 0 Å². The highest BCUT2D eigenvalue weighted by Gasteiger charge is 2.27. The Morgan fingerprint density at radius 2 is 1.50 bits per heavy atom. The lowest BCUT2D eigenvalue weighted by atomic mass is 10.1. The van der Waals surface area contributed by atoms with E-state index in [1.165, 1.54) is 58.2 Å². The van der Waals surface area contributed by atoms with Gasteiger partial charge in [-0.1, -0.05) is 40.0 Å². The van der Waals surface area contributed by atoms with Gasteiger partial charge in [-0.3, -0.25) is 0 Å². The second-order valence-electron chi connectivity index (χ2n) is 7.68. The molecule has 0 N–H and O–H groups in total. The van der Waals surface area contributed by atoms with Gasteiger partial charge in [0.2, 0.25) is 0 Å². The van der Waals surface area contributed by atoms with Crippen LogP contribution in [0.5, 0.6) is 5.75 Å². The number of hydrogen-bond acceptors (Lipinski definition) is 3. The van der Waals surface area contributed by atoms with Crippen LogP contribution in [0.3, 0.4) is 0 Å². The number of fused-ring (bicyclic) bond motifs is 1. The number of methoxy groups -OCH3 is 1. The zero-order valence-corrected chi connectivity index (χ0v) is 19.5. The number of ether oxygens (including phenoxy) is 1. The van der Waals surface area contributed by atoms with Crippen LogP contribution in [0, 0.1) is 0 Å². The van der Waals surface area contributed by atoms with Gasteiger partial charge in [-0.25, -0.2) is 4.79 Å². The van der Waals surface area contributed by atoms with Crippen molar-refractivity contribution < 1.29 is 30.6 Å². The average Bonchev–Trinajstić information content (AvgIpc) is 2.68. The van der Waals surface area contributed by atoms with E-state index in [9.17, 15) is 4.79 Å². The normalized spacial score (nSPS) is 11.4. The van der Waals surface area contributed by atoms with E-state index in [0.717, 1.165) is 22.0 Å². The summed E-state index contributed by atoms with van der Waals surface area (Å²) in [6, 6.07) is 7.50. The third-order valence-electron chi connectivity index (χ3n) is 5.50. The maximum atomic E-state index is 12.2. The number of rotatable bonds is 12. The summed E-state index contributed by atoms with van der Waals surface area (Å²) in [7, 11) is 1.63. The van der Waals surface area contributed by atoms with Gasteiger partial charge < -0.3 is 30.6 Å². The van der Waals surface area contributed by atoms with Gasteiger partial charge in [0.15, 0.2) is 0 Å². The highest BCUT2D eigenvalue weighted by Crippen LogP contribution is 2.27. The van der Waals surface area contributed by atoms with Gasteiger partial charge in [0.1, 0.15) is 17.9 Å². The first-order valence-corrected chi connectivity index (χ1v) is 10.5. The largest absolute Gasteiger partial charge is 1.00 e. The van der Waals surface area contributed by atoms with Crippen LogP contribution in [0.15, 0.2) is 33.5 Å². The predicted molar refractivity (Wildman–Crippen MR) is 112 cm³/mol. The van der Waals surface area contributed by atoms with Crippen LogP contribution in [-0.4, -0.2) is 31.2 Å². The highest BCUT2D eigenvalue weighted by molar-refractivity contribution is 5.81. The Morgan fingerprint density at radius 1 is 0.929 bits per heavy atom. The molecule has 0 atom stereocenters. The lowest BCUT2D eigenvalue weighted by molar-refractivity contribution is -0.941. The van der Waals surface area contributed by atoms with E-state index in [4.69, 9.17) is 9.15 Å². The van der Waals surface area contributed by atoms with Crippen LogP contribution in [0.25, 0.3) is 11.0 Å². The molecule has 2 aromatic rings. The summed E-state index contributed by atoms with van der Waals surface area (Å²) in [5.74, 6) is 0.714. The third kappa shape index (κ3) is 6.63. The fourth-order valence-electron chi connectivity index (χ4n) is 3.88. The zero-order valence-electron chi connectivity index (χ0n) is 17.9. The van der Waals surface area contributed by atoms with Crippen molar-refractivity contribution in [3.05, 3.63) is 40.2 Å². The maximum Gasteiger partial charge on any atom is 0.336 e. The van der Waals surface area contributed by atoms with Gasteiger partial charge in [0, 0.05) is 23.1 Å². The van der Waals surface area contributed by atoms with E-state index < -0.39 is 0 Å². The lowest BCUT2D eigenvalue weighted by Crippen LogP contribution is -3.00. The molecule has 0 radical (unpaired) electrons. The summed E-state index contributed by atoms with van der Waals surface area (Å²) >= 11 is 0. The Labute approximate surface area is 180 Å². The molecule has 0 spiro atoms. The second kappa shape index (κ2) is 12.3. The molecule has 0 aliphatic heterocycles. The number of unbranched alkanes of at least 4 members (excludes halogenated alkanes) is 3. The molecule has 0 aliphatic carbocycles. The summed E-state index contributed by atoms with van der Waals surface area (Å²) in [6.45, 7) is 11.2. The van der Waals surface area contributed by atoms with Gasteiger partial charge >= 0.3 is 5.63 Å². The Morgan fingerprint density at radius 3 is 2.00 bits per heavy atom. The van der Waals surface area contributed by atoms with Gasteiger partial charge in [-0.05, 0) is 31.4 Å². The first-order chi connectivity index (χ1) is 13.1. The van der Waals surface area contributed by atoms with Gasteiger partial charge in [-0.2, -0.15) is 0 Å². The summed E-state index contributed by atoms with van der Waals surface area (Å²) in [6.07, 6.45) is 7.27. The zero-order chi connectivity index (χ0) is 19.7. The van der Waals surface area contributed by atoms with Gasteiger partial charge in [0.05, 0.1) is 26.7 Å². The van der Waals surface area contributed by atoms with Crippen molar-refractivity contribution in [3.63, 3.8) is 0 Å². The lowest BCUT2D eigenvalue weighted by Gasteiger charge is -2.39. The Hall–Kier alpha value is -1.33. The summed E-state index contributed by atoms with van der Waals surface area (Å²) in [5, 5.41) is 1.03. The van der Waals surface area contributed by atoms with Gasteiger partial charge in [-0.15, -0.1) is 0 Å². The molecular formula is C23H36BrNO3. The topological polar surface area (TPSA) is 39.4 Å². The van der Waals surface area contributed by atoms with Crippen molar-refractivity contribution >= 4 is 11.0 Å². The molecule has 0 unspecified atom stereocenters. The minimum Gasteiger partial charge on any atom is -1.00 e. The average molecular weight is 454 g/mol. The van der Waals surface area contributed by atoms with Crippen LogP contribution in [0.1, 0.15) is 64.9 Å². The Bertz CT molecular complexity index is 750. The monoisotopic (exact) mass is 453 g/mol. The molecule has 5 heteroatoms. The van der Waals surface area contributed by atoms with Crippen molar-refractivity contribution in [3.8, 4) is 5.75 Å². The van der Waals surface area contributed by atoms with E-state index in [1.54, 1.807) is 13.2 Å². The Kier molecular flexibility index (Phi) is 10.8. The van der Waals surface area contributed by atoms with Crippen LogP contribution >= 0.6 is 0 Å². The molecule has 0 amide bonds. The molecule has 4 nitrogen and oxygen atoms in total. The highest BCUT2D eigenvalue weighted by atomic mass is 79.9. The van der Waals surface area contributed by atoms with Crippen LogP contribution < -0.4 is 27.3 Å². The van der Waals surface area contributed by atoms with Crippen LogP contribution in [0.4, 0.5) is 0 Å². The molecule has 0 saturated carbocycles. The van der Waals surface area contributed by atoms with Crippen molar-refractivity contribution in [2.45, 2.75) is 65.8 Å². The standard InChI is InChI=1S/C23H36NO3.BrH/c1-5-8-13-24(14-9-6-2,15-10-7-3)18-19-16-23(25)27-22-17-20(26-4)11-12-21(19)22;/h11-12,16-17H,5-10,13-15,18H2,1-4H3;1H/q+1;/p-1.